The van der Waals surface area contributed by atoms with E-state index in [2.05, 4.69) is 84.6 Å². The largest absolute Gasteiger partial charge is 0.466 e. The van der Waals surface area contributed by atoms with Gasteiger partial charge in [-0.2, -0.15) is 0 Å². The lowest BCUT2D eigenvalue weighted by Crippen LogP contribution is -2.50. The van der Waals surface area contributed by atoms with Gasteiger partial charge in [-0.05, 0) is 51.4 Å². The van der Waals surface area contributed by atoms with E-state index in [9.17, 15) is 14.4 Å². The quantitative estimate of drug-likeness (QED) is 0.142. The highest BCUT2D eigenvalue weighted by Gasteiger charge is 2.46. The molecule has 0 aromatic heterocycles. The highest BCUT2D eigenvalue weighted by Crippen LogP contribution is 2.31. The Morgan fingerprint density at radius 2 is 1.16 bits per heavy atom. The van der Waals surface area contributed by atoms with E-state index in [1.54, 1.807) is 4.90 Å². The van der Waals surface area contributed by atoms with Crippen LogP contribution in [0.2, 0.25) is 0 Å². The summed E-state index contributed by atoms with van der Waals surface area (Å²) in [7, 11) is 1.28. The van der Waals surface area contributed by atoms with Gasteiger partial charge in [0.15, 0.2) is 0 Å². The molecule has 2 fully saturated rings. The predicted octanol–water partition coefficient (Wildman–Crippen LogP) is 6.01. The van der Waals surface area contributed by atoms with Crippen LogP contribution in [0.4, 0.5) is 0 Å². The van der Waals surface area contributed by atoms with Crippen molar-refractivity contribution < 1.29 is 19.1 Å². The van der Waals surface area contributed by atoms with Crippen molar-refractivity contribution in [2.24, 2.45) is 0 Å². The van der Waals surface area contributed by atoms with Crippen LogP contribution in [0, 0.1) is 0 Å². The minimum atomic E-state index is -0.547. The number of ether oxygens (including phenoxy) is 1. The maximum absolute atomic E-state index is 12.6. The van der Waals surface area contributed by atoms with E-state index < -0.39 is 5.97 Å². The summed E-state index contributed by atoms with van der Waals surface area (Å²) in [6.45, 7) is 3.25. The van der Waals surface area contributed by atoms with Crippen molar-refractivity contribution in [1.29, 1.82) is 0 Å². The molecular weight excluding hydrogens is 476 g/mol. The molecule has 0 N–H and O–H groups in total. The molecule has 2 aliphatic heterocycles. The number of carbonyl (C=O) groups excluding carboxylic acids is 3. The summed E-state index contributed by atoms with van der Waals surface area (Å²) in [6, 6.07) is 0.109. The first-order valence-corrected chi connectivity index (χ1v) is 13.8. The number of amides is 2. The summed E-state index contributed by atoms with van der Waals surface area (Å²) in [5, 5.41) is 0. The molecule has 2 amide bonds. The summed E-state index contributed by atoms with van der Waals surface area (Å²) >= 11 is 0. The molecule has 38 heavy (non-hydrogen) atoms. The molecule has 0 radical (unpaired) electrons. The first-order valence-electron chi connectivity index (χ1n) is 13.8. The molecule has 206 valence electrons. The maximum atomic E-state index is 12.6. The molecule has 0 aromatic rings. The van der Waals surface area contributed by atoms with Gasteiger partial charge < -0.3 is 14.5 Å². The number of nitrogens with zero attached hydrogens (tertiary/aromatic N) is 2. The normalized spacial score (nSPS) is 19.8. The van der Waals surface area contributed by atoms with Gasteiger partial charge in [-0.3, -0.25) is 9.59 Å². The van der Waals surface area contributed by atoms with Gasteiger partial charge in [0.1, 0.15) is 0 Å². The molecule has 6 heteroatoms. The fraction of sp³-hybridized carbons (Fsp3) is 0.469. The van der Waals surface area contributed by atoms with Gasteiger partial charge in [0.05, 0.1) is 19.2 Å². The van der Waals surface area contributed by atoms with Crippen LogP contribution in [0.15, 0.2) is 85.1 Å². The highest BCUT2D eigenvalue weighted by molar-refractivity contribution is 5.95. The van der Waals surface area contributed by atoms with Gasteiger partial charge in [-0.1, -0.05) is 79.8 Å². The van der Waals surface area contributed by atoms with Gasteiger partial charge in [0.2, 0.25) is 11.8 Å². The summed E-state index contributed by atoms with van der Waals surface area (Å²) in [5.74, 6) is -0.601. The number of hydrogen-bond donors (Lipinski definition) is 0. The van der Waals surface area contributed by atoms with Crippen molar-refractivity contribution >= 4 is 17.8 Å². The zero-order valence-corrected chi connectivity index (χ0v) is 23.0. The third-order valence-corrected chi connectivity index (χ3v) is 6.53. The van der Waals surface area contributed by atoms with Crippen LogP contribution in [0.25, 0.3) is 0 Å². The molecule has 2 bridgehead atoms. The van der Waals surface area contributed by atoms with Crippen molar-refractivity contribution in [2.75, 3.05) is 20.2 Å². The van der Waals surface area contributed by atoms with Crippen LogP contribution in [-0.4, -0.2) is 59.9 Å². The Balaban J connectivity index is 1.51. The fourth-order valence-electron chi connectivity index (χ4n) is 4.54. The van der Waals surface area contributed by atoms with E-state index in [1.807, 2.05) is 4.90 Å². The molecule has 2 heterocycles. The molecule has 0 unspecified atom stereocenters. The van der Waals surface area contributed by atoms with Gasteiger partial charge in [0.25, 0.3) is 0 Å². The van der Waals surface area contributed by atoms with Crippen LogP contribution in [0.1, 0.15) is 64.7 Å². The fourth-order valence-corrected chi connectivity index (χ4v) is 4.54. The number of fused-ring (bicyclic) bond motifs is 2. The van der Waals surface area contributed by atoms with E-state index in [-0.39, 0.29) is 23.9 Å². The summed E-state index contributed by atoms with van der Waals surface area (Å²) in [4.78, 5) is 39.8. The molecular formula is C32H44N2O4. The van der Waals surface area contributed by atoms with E-state index in [0.29, 0.717) is 19.5 Å². The molecule has 0 spiro atoms. The van der Waals surface area contributed by atoms with Gasteiger partial charge in [0, 0.05) is 31.7 Å². The standard InChI is InChI=1S/C32H44N2O4/c1-3-4-5-6-7-8-9-10-11-12-13-14-15-16-17-18-19-20-21-22-30(35)33-26-29-25-28(33)27-34(29)31(36)23-24-32(37)38-2/h4-5,7-8,10-11,13-14,16-17,19-20,23-24,28-29H,3,6,9,12,15,18,21-22,25-27H2,1-2H3/b5-4-,8-7-,11-10-,14-13-,17-16-,20-19-,24-23+/t28-,29+/m0/s1. The minimum Gasteiger partial charge on any atom is -0.466 e. The van der Waals surface area contributed by atoms with Crippen molar-refractivity contribution in [2.45, 2.75) is 76.8 Å². The SMILES string of the molecule is CC/C=C\C/C=C\C/C=C\C/C=C\C/C=C\C/C=C\CCC(=O)N1C[C@H]2C[C@H]1CN2C(=O)/C=C/C(=O)OC. The van der Waals surface area contributed by atoms with Crippen molar-refractivity contribution in [3.63, 3.8) is 0 Å². The third kappa shape index (κ3) is 11.8. The van der Waals surface area contributed by atoms with Gasteiger partial charge in [-0.25, -0.2) is 4.79 Å². The van der Waals surface area contributed by atoms with Gasteiger partial charge in [-0.15, -0.1) is 0 Å². The van der Waals surface area contributed by atoms with E-state index >= 15 is 0 Å². The Morgan fingerprint density at radius 1 is 0.684 bits per heavy atom. The molecule has 2 aliphatic rings. The number of hydrogen-bond acceptors (Lipinski definition) is 4. The summed E-state index contributed by atoms with van der Waals surface area (Å²) in [6.07, 6.45) is 36.3. The average molecular weight is 521 g/mol. The maximum Gasteiger partial charge on any atom is 0.330 e. The minimum absolute atomic E-state index is 0.0321. The lowest BCUT2D eigenvalue weighted by Gasteiger charge is -2.33. The highest BCUT2D eigenvalue weighted by atomic mass is 16.5. The Hall–Kier alpha value is -3.41. The molecule has 0 saturated carbocycles. The first-order chi connectivity index (χ1) is 18.6. The molecule has 2 rings (SSSR count). The second-order valence-electron chi connectivity index (χ2n) is 9.39. The summed E-state index contributed by atoms with van der Waals surface area (Å²) < 4.78 is 4.52. The zero-order valence-electron chi connectivity index (χ0n) is 23.0. The molecule has 2 saturated heterocycles. The predicted molar refractivity (Wildman–Crippen MR) is 154 cm³/mol. The molecule has 2 atom stereocenters. The van der Waals surface area contributed by atoms with Gasteiger partial charge >= 0.3 is 5.97 Å². The zero-order chi connectivity index (χ0) is 27.4. The Bertz CT molecular complexity index is 955. The number of allylic oxidation sites excluding steroid dienone is 12. The number of carbonyl (C=O) groups is 3. The first kappa shape index (κ1) is 30.8. The number of piperazine rings is 1. The van der Waals surface area contributed by atoms with Crippen molar-refractivity contribution in [3.05, 3.63) is 85.1 Å². The molecule has 0 aliphatic carbocycles. The monoisotopic (exact) mass is 520 g/mol. The van der Waals surface area contributed by atoms with Crippen LogP contribution in [-0.2, 0) is 19.1 Å². The number of rotatable bonds is 16. The second-order valence-corrected chi connectivity index (χ2v) is 9.39. The average Bonchev–Trinajstić information content (AvgIpc) is 3.54. The van der Waals surface area contributed by atoms with Crippen LogP contribution >= 0.6 is 0 Å². The lowest BCUT2D eigenvalue weighted by atomic mass is 10.2. The number of methoxy groups -OCH3 is 1. The summed E-state index contributed by atoms with van der Waals surface area (Å²) in [5.41, 5.74) is 0. The van der Waals surface area contributed by atoms with Crippen molar-refractivity contribution in [1.82, 2.24) is 9.80 Å². The second kappa shape index (κ2) is 18.8. The Kier molecular flexibility index (Phi) is 15.2. The smallest absolute Gasteiger partial charge is 0.330 e. The van der Waals surface area contributed by atoms with Crippen LogP contribution < -0.4 is 0 Å². The van der Waals surface area contributed by atoms with E-state index in [0.717, 1.165) is 57.4 Å². The third-order valence-electron chi connectivity index (χ3n) is 6.53. The Morgan fingerprint density at radius 3 is 1.63 bits per heavy atom. The molecule has 0 aromatic carbocycles. The topological polar surface area (TPSA) is 66.9 Å². The number of likely N-dealkylation sites (tertiary alicyclic amines) is 2. The van der Waals surface area contributed by atoms with Crippen molar-refractivity contribution in [3.8, 4) is 0 Å². The van der Waals surface area contributed by atoms with Crippen LogP contribution in [0.5, 0.6) is 0 Å². The number of esters is 1. The lowest BCUT2D eigenvalue weighted by molar-refractivity contribution is -0.137. The Labute approximate surface area is 228 Å². The van der Waals surface area contributed by atoms with Crippen LogP contribution in [0.3, 0.4) is 0 Å². The van der Waals surface area contributed by atoms with E-state index in [1.165, 1.54) is 13.2 Å². The molecule has 6 nitrogen and oxygen atoms in total. The van der Waals surface area contributed by atoms with E-state index in [4.69, 9.17) is 0 Å².